The molecule has 10 rings (SSSR count). The van der Waals surface area contributed by atoms with Crippen molar-refractivity contribution in [2.24, 2.45) is 10.8 Å². The molecule has 95 heavy (non-hydrogen) atoms. The van der Waals surface area contributed by atoms with Crippen LogP contribution in [0.25, 0.3) is 77.2 Å². The van der Waals surface area contributed by atoms with Crippen LogP contribution >= 0.6 is 0 Å². The van der Waals surface area contributed by atoms with Crippen LogP contribution in [0.15, 0.2) is 121 Å². The van der Waals surface area contributed by atoms with E-state index in [1.54, 1.807) is 6.92 Å². The Balaban J connectivity index is 0.00000347. The van der Waals surface area contributed by atoms with E-state index in [1.807, 2.05) is 18.2 Å². The van der Waals surface area contributed by atoms with E-state index in [1.165, 1.54) is 40.5 Å². The van der Waals surface area contributed by atoms with Gasteiger partial charge < -0.3 is 28.8 Å². The maximum atomic E-state index is 16.9. The van der Waals surface area contributed by atoms with Crippen LogP contribution < -0.4 is 9.47 Å². The van der Waals surface area contributed by atoms with E-state index < -0.39 is 28.3 Å². The van der Waals surface area contributed by atoms with Crippen LogP contribution in [0.2, 0.25) is 9.26 Å². The zero-order valence-electron chi connectivity index (χ0n) is 61.6. The van der Waals surface area contributed by atoms with Gasteiger partial charge in [0.05, 0.1) is 33.4 Å². The van der Waals surface area contributed by atoms with Gasteiger partial charge in [-0.15, -0.1) is 0 Å². The van der Waals surface area contributed by atoms with Gasteiger partial charge in [0.2, 0.25) is 0 Å². The fourth-order valence-electron chi connectivity index (χ4n) is 14.4. The second-order valence-electron chi connectivity index (χ2n) is 34.7. The van der Waals surface area contributed by atoms with E-state index in [-0.39, 0.29) is 97.3 Å². The molecular formula is C85H105F3N2O4Zr. The Hall–Kier alpha value is -6.77. The average molecular weight is 1370 g/mol. The van der Waals surface area contributed by atoms with Crippen molar-refractivity contribution in [2.75, 3.05) is 13.2 Å². The molecular weight excluding hydrogens is 1260 g/mol. The minimum absolute atomic E-state index is 0.0283. The molecule has 0 fully saturated rings. The maximum absolute atomic E-state index is 16.9. The number of aromatic hydroxyl groups is 2. The first-order valence-corrected chi connectivity index (χ1v) is 38.7. The number of fused-ring (bicyclic) bond motifs is 6. The summed E-state index contributed by atoms with van der Waals surface area (Å²) in [5.41, 5.74) is 10.8. The summed E-state index contributed by atoms with van der Waals surface area (Å²) in [7, 11) is 0. The molecule has 8 aromatic carbocycles. The van der Waals surface area contributed by atoms with Crippen molar-refractivity contribution in [2.45, 2.75) is 214 Å². The molecule has 0 aliphatic rings. The monoisotopic (exact) mass is 1360 g/mol. The van der Waals surface area contributed by atoms with Crippen molar-refractivity contribution >= 4 is 43.6 Å². The molecule has 2 aromatic heterocycles. The summed E-state index contributed by atoms with van der Waals surface area (Å²) in [6, 6.07) is 38.9. The van der Waals surface area contributed by atoms with Crippen LogP contribution in [0.5, 0.6) is 23.0 Å². The second-order valence-corrected chi connectivity index (χ2v) is 37.1. The predicted octanol–water partition coefficient (Wildman–Crippen LogP) is 24.6. The first-order valence-electron chi connectivity index (χ1n) is 33.8. The van der Waals surface area contributed by atoms with Crippen molar-refractivity contribution in [3.05, 3.63) is 178 Å². The van der Waals surface area contributed by atoms with Gasteiger partial charge in [0, 0.05) is 49.9 Å². The molecule has 0 radical (unpaired) electrons. The molecule has 0 saturated carbocycles. The van der Waals surface area contributed by atoms with Crippen molar-refractivity contribution in [1.82, 2.24) is 9.13 Å². The topological polar surface area (TPSA) is 68.8 Å². The van der Waals surface area contributed by atoms with Gasteiger partial charge in [0.1, 0.15) is 42.1 Å². The van der Waals surface area contributed by atoms with Gasteiger partial charge in [-0.05, 0) is 193 Å². The van der Waals surface area contributed by atoms with Crippen LogP contribution in [0.3, 0.4) is 0 Å². The molecule has 0 atom stereocenters. The summed E-state index contributed by atoms with van der Waals surface area (Å²) < 4.78 is 71.2. The third-order valence-corrected chi connectivity index (χ3v) is 18.6. The number of hydrogen-bond donors (Lipinski definition) is 2. The van der Waals surface area contributed by atoms with Gasteiger partial charge in [0.15, 0.2) is 11.6 Å². The van der Waals surface area contributed by atoms with Crippen molar-refractivity contribution in [3.63, 3.8) is 0 Å². The molecule has 10 aromatic rings. The SMILES string of the molecule is Cc1cc(F)cc(-c2cc(C(C)(C)CC(C)(C)C)cc(-n3c4ccc(C(C)(C)C)cc4c4cc(C(C)(C)C)ccc43)c2O)c1OCCOc1c(F)cc(F)cc1-c1cc(C(C)(C)CC(C)(C)C)cc(-n2c3ccc(C(C)(C)C)cc3c3cc(C(C)(C)C)ccc32)c1O.[CH3][Zr][CH3]. The Bertz CT molecular complexity index is 4120. The molecule has 0 aliphatic heterocycles. The fourth-order valence-corrected chi connectivity index (χ4v) is 14.4. The molecule has 6 nitrogen and oxygen atoms in total. The normalized spacial score (nSPS) is 13.1. The minimum atomic E-state index is -0.957. The third kappa shape index (κ3) is 15.2. The number of aryl methyl sites for hydroxylation is 1. The molecule has 0 amide bonds. The molecule has 2 heterocycles. The fraction of sp³-hybridized carbons (Fsp3) is 0.435. The zero-order valence-corrected chi connectivity index (χ0v) is 64.1. The summed E-state index contributed by atoms with van der Waals surface area (Å²) in [5.74, 6) is -2.50. The predicted molar refractivity (Wildman–Crippen MR) is 392 cm³/mol. The number of hydrogen-bond acceptors (Lipinski definition) is 4. The van der Waals surface area contributed by atoms with Crippen LogP contribution in [-0.4, -0.2) is 32.6 Å². The molecule has 0 aliphatic carbocycles. The Morgan fingerprint density at radius 2 is 0.663 bits per heavy atom. The number of aromatic nitrogens is 2. The number of phenols is 2. The number of ether oxygens (including phenoxy) is 2. The molecule has 504 valence electrons. The number of rotatable bonds is 13. The van der Waals surface area contributed by atoms with E-state index in [0.29, 0.717) is 33.8 Å². The van der Waals surface area contributed by atoms with Gasteiger partial charge in [-0.25, -0.2) is 13.2 Å². The molecule has 10 heteroatoms. The molecule has 0 spiro atoms. The van der Waals surface area contributed by atoms with E-state index in [2.05, 4.69) is 250 Å². The first kappa shape index (κ1) is 72.5. The Labute approximate surface area is 577 Å². The molecule has 0 bridgehead atoms. The van der Waals surface area contributed by atoms with Crippen molar-refractivity contribution in [1.29, 1.82) is 0 Å². The first-order chi connectivity index (χ1) is 43.7. The van der Waals surface area contributed by atoms with Crippen molar-refractivity contribution < 1.29 is 56.1 Å². The summed E-state index contributed by atoms with van der Waals surface area (Å²) in [4.78, 5) is 0. The molecule has 2 N–H and O–H groups in total. The van der Waals surface area contributed by atoms with E-state index >= 15 is 13.2 Å². The van der Waals surface area contributed by atoms with Crippen LogP contribution in [0.4, 0.5) is 13.2 Å². The van der Waals surface area contributed by atoms with Gasteiger partial charge in [-0.1, -0.05) is 177 Å². The zero-order chi connectivity index (χ0) is 70.4. The van der Waals surface area contributed by atoms with Gasteiger partial charge in [-0.2, -0.15) is 0 Å². The summed E-state index contributed by atoms with van der Waals surface area (Å²) in [6.07, 6.45) is 1.54. The number of nitrogens with zero attached hydrogens (tertiary/aromatic N) is 2. The average Bonchev–Trinajstić information content (AvgIpc) is 1.63. The molecule has 0 unspecified atom stereocenters. The van der Waals surface area contributed by atoms with Gasteiger partial charge in [0.25, 0.3) is 0 Å². The van der Waals surface area contributed by atoms with Gasteiger partial charge >= 0.3 is 32.5 Å². The Morgan fingerprint density at radius 3 is 0.968 bits per heavy atom. The van der Waals surface area contributed by atoms with Crippen LogP contribution in [0, 0.1) is 35.2 Å². The number of phenolic OH excluding ortho intramolecular Hbond substituents is 2. The van der Waals surface area contributed by atoms with E-state index in [9.17, 15) is 10.2 Å². The van der Waals surface area contributed by atoms with Gasteiger partial charge in [-0.3, -0.25) is 0 Å². The van der Waals surface area contributed by atoms with E-state index in [0.717, 1.165) is 73.6 Å². The summed E-state index contributed by atoms with van der Waals surface area (Å²) in [6.45, 7) is 49.8. The van der Waals surface area contributed by atoms with E-state index in [4.69, 9.17) is 9.47 Å². The third-order valence-electron chi connectivity index (χ3n) is 18.6. The van der Waals surface area contributed by atoms with Crippen LogP contribution in [-0.2, 0) is 55.7 Å². The molecule has 0 saturated heterocycles. The Morgan fingerprint density at radius 1 is 0.368 bits per heavy atom. The second kappa shape index (κ2) is 25.9. The summed E-state index contributed by atoms with van der Waals surface area (Å²) >= 11 is 0.230. The quantitative estimate of drug-likeness (QED) is 0.113. The van der Waals surface area contributed by atoms with Crippen LogP contribution in [0.1, 0.15) is 204 Å². The van der Waals surface area contributed by atoms with Crippen molar-refractivity contribution in [3.8, 4) is 56.6 Å². The number of benzene rings is 8. The number of halogens is 3. The standard InChI is InChI=1S/C83H99F3N2O4.2CH3.Zr/c1-48-34-55(84)43-63(61-39-53(82(20,21)46-76(2,3)4)41-70(72(61)89)87-66-28-24-49(78(8,9)10)35-57(66)58-36-50(79(11,12)13)25-29-67(58)87)74(48)91-32-33-92-75-64(44-56(85)45-65(75)86)62-40-54(83(22,23)47-77(5,6)7)42-71(73(62)90)88-68-30-26-51(80(14,15)16)37-59(68)60-38-52(81(17,18)19)27-31-69(60)88;;;/h24-31,34-45,89-90H,32-33,46-47H2,1-23H3;2*1H3;. The summed E-state index contributed by atoms with van der Waals surface area (Å²) in [5, 5.41) is 30.4. The Kier molecular flexibility index (Phi) is 19.8.